The summed E-state index contributed by atoms with van der Waals surface area (Å²) >= 11 is 0. The lowest BCUT2D eigenvalue weighted by Gasteiger charge is -2.01. The van der Waals surface area contributed by atoms with Gasteiger partial charge in [0, 0.05) is 18.5 Å². The first-order chi connectivity index (χ1) is 9.06. The smallest absolute Gasteiger partial charge is 0.341 e. The molecular weight excluding hydrogens is 254 g/mol. The Morgan fingerprint density at radius 1 is 1.37 bits per heavy atom. The van der Waals surface area contributed by atoms with Crippen molar-refractivity contribution >= 4 is 12.2 Å². The number of hydrogen-bond acceptors (Lipinski definition) is 4. The molecule has 1 rings (SSSR count). The minimum absolute atomic E-state index is 0.0332. The first-order valence-corrected chi connectivity index (χ1v) is 5.60. The Labute approximate surface area is 109 Å². The molecule has 0 heterocycles. The van der Waals surface area contributed by atoms with Crippen molar-refractivity contribution in [3.63, 3.8) is 0 Å². The highest BCUT2D eigenvalue weighted by Gasteiger charge is 2.06. The van der Waals surface area contributed by atoms with Crippen molar-refractivity contribution in [2.75, 3.05) is 6.61 Å². The van der Waals surface area contributed by atoms with Crippen LogP contribution in [0.4, 0.5) is 8.78 Å². The van der Waals surface area contributed by atoms with Crippen molar-refractivity contribution in [2.24, 2.45) is 10.7 Å². The van der Waals surface area contributed by atoms with Crippen LogP contribution in [0.2, 0.25) is 0 Å². The first-order valence-electron chi connectivity index (χ1n) is 5.60. The van der Waals surface area contributed by atoms with Gasteiger partial charge in [0.2, 0.25) is 0 Å². The number of hydrogen-bond donors (Lipinski definition) is 1. The van der Waals surface area contributed by atoms with E-state index in [1.807, 2.05) is 0 Å². The van der Waals surface area contributed by atoms with Crippen molar-refractivity contribution in [3.05, 3.63) is 47.2 Å². The predicted octanol–water partition coefficient (Wildman–Crippen LogP) is 1.94. The van der Waals surface area contributed by atoms with E-state index in [0.29, 0.717) is 5.56 Å². The highest BCUT2D eigenvalue weighted by molar-refractivity contribution is 6.09. The first kappa shape index (κ1) is 14.8. The highest BCUT2D eigenvalue weighted by Crippen LogP contribution is 2.09. The molecule has 0 saturated carbocycles. The van der Waals surface area contributed by atoms with Gasteiger partial charge in [-0.25, -0.2) is 13.6 Å². The average molecular weight is 268 g/mol. The number of rotatable bonds is 5. The highest BCUT2D eigenvalue weighted by atomic mass is 19.1. The van der Waals surface area contributed by atoms with Gasteiger partial charge >= 0.3 is 5.97 Å². The molecule has 6 heteroatoms. The van der Waals surface area contributed by atoms with Crippen LogP contribution in [0.5, 0.6) is 0 Å². The standard InChI is InChI=1S/C13H14F2N2O2/c1-2-19-13(18)10(6-16)8-17-7-9-3-11(14)5-12(15)4-9/h3-6,8H,2,7,16H2,1H3. The molecule has 4 nitrogen and oxygen atoms in total. The largest absolute Gasteiger partial charge is 0.462 e. The average Bonchev–Trinajstić information content (AvgIpc) is 2.33. The minimum Gasteiger partial charge on any atom is -0.462 e. The van der Waals surface area contributed by atoms with Crippen LogP contribution in [0, 0.1) is 11.6 Å². The van der Waals surface area contributed by atoms with Crippen LogP contribution in [0.25, 0.3) is 0 Å². The third-order valence-corrected chi connectivity index (χ3v) is 2.12. The monoisotopic (exact) mass is 268 g/mol. The molecule has 102 valence electrons. The molecule has 19 heavy (non-hydrogen) atoms. The molecule has 0 atom stereocenters. The molecule has 1 aromatic carbocycles. The van der Waals surface area contributed by atoms with Crippen molar-refractivity contribution < 1.29 is 18.3 Å². The van der Waals surface area contributed by atoms with E-state index in [-0.39, 0.29) is 18.7 Å². The summed E-state index contributed by atoms with van der Waals surface area (Å²) in [6, 6.07) is 3.10. The number of nitrogens with two attached hydrogens (primary N) is 1. The van der Waals surface area contributed by atoms with Gasteiger partial charge in [-0.1, -0.05) is 0 Å². The molecule has 1 aromatic rings. The van der Waals surface area contributed by atoms with Crippen molar-refractivity contribution in [2.45, 2.75) is 13.5 Å². The summed E-state index contributed by atoms with van der Waals surface area (Å²) < 4.78 is 30.6. The zero-order valence-corrected chi connectivity index (χ0v) is 10.4. The fraction of sp³-hybridized carbons (Fsp3) is 0.231. The van der Waals surface area contributed by atoms with Gasteiger partial charge < -0.3 is 10.5 Å². The van der Waals surface area contributed by atoms with Crippen molar-refractivity contribution in [3.8, 4) is 0 Å². The second-order valence-electron chi connectivity index (χ2n) is 3.59. The van der Waals surface area contributed by atoms with Crippen LogP contribution < -0.4 is 5.73 Å². The zero-order chi connectivity index (χ0) is 14.3. The van der Waals surface area contributed by atoms with E-state index in [0.717, 1.165) is 24.4 Å². The number of nitrogens with zero attached hydrogens (tertiary/aromatic N) is 1. The van der Waals surface area contributed by atoms with E-state index >= 15 is 0 Å². The summed E-state index contributed by atoms with van der Waals surface area (Å²) in [7, 11) is 0. The molecule has 0 aromatic heterocycles. The Morgan fingerprint density at radius 2 is 2.00 bits per heavy atom. The third kappa shape index (κ3) is 4.87. The molecule has 0 aliphatic heterocycles. The molecular formula is C13H14F2N2O2. The van der Waals surface area contributed by atoms with E-state index in [1.54, 1.807) is 6.92 Å². The quantitative estimate of drug-likeness (QED) is 0.504. The predicted molar refractivity (Wildman–Crippen MR) is 67.5 cm³/mol. The van der Waals surface area contributed by atoms with Crippen LogP contribution in [-0.4, -0.2) is 18.8 Å². The lowest BCUT2D eigenvalue weighted by Crippen LogP contribution is -2.10. The second-order valence-corrected chi connectivity index (χ2v) is 3.59. The van der Waals surface area contributed by atoms with Crippen LogP contribution in [-0.2, 0) is 16.1 Å². The molecule has 0 aliphatic carbocycles. The van der Waals surface area contributed by atoms with Crippen molar-refractivity contribution in [1.82, 2.24) is 0 Å². The summed E-state index contributed by atoms with van der Waals surface area (Å²) in [5.41, 5.74) is 5.70. The Hall–Kier alpha value is -2.24. The SMILES string of the molecule is CCOC(=O)C(C=NCc1cc(F)cc(F)c1)=CN. The molecule has 0 spiro atoms. The molecule has 0 fully saturated rings. The van der Waals surface area contributed by atoms with E-state index in [2.05, 4.69) is 4.99 Å². The molecule has 0 saturated heterocycles. The van der Waals surface area contributed by atoms with Gasteiger partial charge in [-0.3, -0.25) is 4.99 Å². The zero-order valence-electron chi connectivity index (χ0n) is 10.4. The number of benzene rings is 1. The summed E-state index contributed by atoms with van der Waals surface area (Å²) in [5, 5.41) is 0. The Bertz CT molecular complexity index is 493. The fourth-order valence-electron chi connectivity index (χ4n) is 1.33. The number of carbonyl (C=O) groups is 1. The number of carbonyl (C=O) groups excluding carboxylic acids is 1. The molecule has 0 unspecified atom stereocenters. The lowest BCUT2D eigenvalue weighted by molar-refractivity contribution is -0.137. The van der Waals surface area contributed by atoms with Gasteiger partial charge in [0.15, 0.2) is 0 Å². The Morgan fingerprint density at radius 3 is 2.53 bits per heavy atom. The van der Waals surface area contributed by atoms with Gasteiger partial charge in [0.1, 0.15) is 11.6 Å². The minimum atomic E-state index is -0.676. The van der Waals surface area contributed by atoms with E-state index in [9.17, 15) is 13.6 Å². The van der Waals surface area contributed by atoms with Crippen LogP contribution in [0.1, 0.15) is 12.5 Å². The maximum Gasteiger partial charge on any atom is 0.341 e. The number of aliphatic imine (C=N–C) groups is 1. The van der Waals surface area contributed by atoms with E-state index < -0.39 is 17.6 Å². The fourth-order valence-corrected chi connectivity index (χ4v) is 1.33. The van der Waals surface area contributed by atoms with Gasteiger partial charge in [0.05, 0.1) is 18.7 Å². The molecule has 0 amide bonds. The summed E-state index contributed by atoms with van der Waals surface area (Å²) in [6.45, 7) is 1.92. The molecule has 0 bridgehead atoms. The normalized spacial score (nSPS) is 11.8. The van der Waals surface area contributed by atoms with Crippen molar-refractivity contribution in [1.29, 1.82) is 0 Å². The summed E-state index contributed by atoms with van der Waals surface area (Å²) in [5.74, 6) is -1.95. The number of esters is 1. The van der Waals surface area contributed by atoms with Crippen LogP contribution in [0.15, 0.2) is 35.0 Å². The molecule has 2 N–H and O–H groups in total. The third-order valence-electron chi connectivity index (χ3n) is 2.12. The topological polar surface area (TPSA) is 64.7 Å². The lowest BCUT2D eigenvalue weighted by atomic mass is 10.2. The maximum absolute atomic E-state index is 12.9. The van der Waals surface area contributed by atoms with Crippen LogP contribution >= 0.6 is 0 Å². The number of halogens is 2. The Kier molecular flexibility index (Phi) is 5.66. The molecule has 0 aliphatic rings. The van der Waals surface area contributed by atoms with Gasteiger partial charge in [-0.15, -0.1) is 0 Å². The van der Waals surface area contributed by atoms with Gasteiger partial charge in [-0.2, -0.15) is 0 Å². The summed E-state index contributed by atoms with van der Waals surface area (Å²) in [6.07, 6.45) is 2.27. The van der Waals surface area contributed by atoms with Gasteiger partial charge in [-0.05, 0) is 24.6 Å². The van der Waals surface area contributed by atoms with Crippen LogP contribution in [0.3, 0.4) is 0 Å². The van der Waals surface area contributed by atoms with Gasteiger partial charge in [0.25, 0.3) is 0 Å². The maximum atomic E-state index is 12.9. The van der Waals surface area contributed by atoms with E-state index in [4.69, 9.17) is 10.5 Å². The molecule has 0 radical (unpaired) electrons. The second kappa shape index (κ2) is 7.25. The number of ether oxygens (including phenoxy) is 1. The summed E-state index contributed by atoms with van der Waals surface area (Å²) in [4.78, 5) is 15.2. The Balaban J connectivity index is 2.69. The van der Waals surface area contributed by atoms with E-state index in [1.165, 1.54) is 6.21 Å².